The topological polar surface area (TPSA) is 95.8 Å². The molecule has 142 valence electrons. The van der Waals surface area contributed by atoms with Gasteiger partial charge in [-0.25, -0.2) is 4.79 Å². The molecule has 0 saturated carbocycles. The van der Waals surface area contributed by atoms with Gasteiger partial charge in [0.2, 0.25) is 0 Å². The van der Waals surface area contributed by atoms with Crippen LogP contribution in [0.2, 0.25) is 0 Å². The van der Waals surface area contributed by atoms with Gasteiger partial charge in [0.05, 0.1) is 25.8 Å². The Morgan fingerprint density at radius 3 is 2.81 bits per heavy atom. The standard InChI is InChI=1S/C16H25N7O3/c1-20-11-16(26-15(20)25)2-5-22(12-16)14(24)13-10-23(19-18-13)9-8-21-6-3-17-4-7-21/h10,17H,2-9,11-12H2,1H3/t16-/m1/s1. The van der Waals surface area contributed by atoms with Gasteiger partial charge in [0, 0.05) is 52.7 Å². The highest BCUT2D eigenvalue weighted by Crippen LogP contribution is 2.32. The number of aromatic nitrogens is 3. The third-order valence-corrected chi connectivity index (χ3v) is 5.36. The fraction of sp³-hybridized carbons (Fsp3) is 0.750. The van der Waals surface area contributed by atoms with Crippen LogP contribution in [0.15, 0.2) is 6.20 Å². The van der Waals surface area contributed by atoms with Crippen molar-refractivity contribution in [3.05, 3.63) is 11.9 Å². The SMILES string of the molecule is CN1C[C@@]2(CCN(C(=O)c3cn(CCN4CCNCC4)nn3)C2)OC1=O. The van der Waals surface area contributed by atoms with E-state index < -0.39 is 5.60 Å². The number of likely N-dealkylation sites (N-methyl/N-ethyl adjacent to an activating group) is 1. The number of carbonyl (C=O) groups is 2. The van der Waals surface area contributed by atoms with E-state index in [0.717, 1.165) is 32.7 Å². The summed E-state index contributed by atoms with van der Waals surface area (Å²) < 4.78 is 7.22. The zero-order valence-electron chi connectivity index (χ0n) is 15.1. The van der Waals surface area contributed by atoms with Crippen molar-refractivity contribution >= 4 is 12.0 Å². The van der Waals surface area contributed by atoms with Gasteiger partial charge in [-0.15, -0.1) is 5.10 Å². The molecule has 0 aromatic carbocycles. The second-order valence-corrected chi connectivity index (χ2v) is 7.34. The van der Waals surface area contributed by atoms with E-state index in [-0.39, 0.29) is 12.0 Å². The van der Waals surface area contributed by atoms with Gasteiger partial charge in [-0.3, -0.25) is 14.4 Å². The largest absolute Gasteiger partial charge is 0.439 e. The molecule has 1 spiro atoms. The van der Waals surface area contributed by atoms with Crippen molar-refractivity contribution in [1.82, 2.24) is 35.0 Å². The Balaban J connectivity index is 1.33. The number of rotatable bonds is 4. The zero-order chi connectivity index (χ0) is 18.1. The molecule has 1 aromatic heterocycles. The smallest absolute Gasteiger partial charge is 0.410 e. The fourth-order valence-corrected chi connectivity index (χ4v) is 3.87. The Kier molecular flexibility index (Phi) is 4.53. The summed E-state index contributed by atoms with van der Waals surface area (Å²) in [6, 6.07) is 0. The number of ether oxygens (including phenoxy) is 1. The highest BCUT2D eigenvalue weighted by atomic mass is 16.6. The lowest BCUT2D eigenvalue weighted by molar-refractivity contribution is 0.0550. The molecule has 10 heteroatoms. The van der Waals surface area contributed by atoms with Crippen LogP contribution in [0, 0.1) is 0 Å². The molecule has 0 aliphatic carbocycles. The first-order chi connectivity index (χ1) is 12.5. The number of carbonyl (C=O) groups excluding carboxylic acids is 2. The average Bonchev–Trinajstić information content (AvgIpc) is 3.34. The number of nitrogens with zero attached hydrogens (tertiary/aromatic N) is 6. The molecule has 10 nitrogen and oxygen atoms in total. The van der Waals surface area contributed by atoms with Crippen LogP contribution in [0.3, 0.4) is 0 Å². The summed E-state index contributed by atoms with van der Waals surface area (Å²) in [6.07, 6.45) is 2.05. The second kappa shape index (κ2) is 6.84. The molecule has 1 aromatic rings. The fourth-order valence-electron chi connectivity index (χ4n) is 3.87. The van der Waals surface area contributed by atoms with Gasteiger partial charge in [-0.1, -0.05) is 5.21 Å². The monoisotopic (exact) mass is 363 g/mol. The van der Waals surface area contributed by atoms with Crippen LogP contribution in [0.25, 0.3) is 0 Å². The minimum Gasteiger partial charge on any atom is -0.439 e. The summed E-state index contributed by atoms with van der Waals surface area (Å²) >= 11 is 0. The number of hydrogen-bond donors (Lipinski definition) is 1. The lowest BCUT2D eigenvalue weighted by atomic mass is 10.0. The highest BCUT2D eigenvalue weighted by Gasteiger charge is 2.49. The minimum atomic E-state index is -0.570. The van der Waals surface area contributed by atoms with Crippen LogP contribution in [0.1, 0.15) is 16.9 Å². The van der Waals surface area contributed by atoms with Gasteiger partial charge < -0.3 is 19.9 Å². The first kappa shape index (κ1) is 17.2. The van der Waals surface area contributed by atoms with Crippen LogP contribution in [0.5, 0.6) is 0 Å². The van der Waals surface area contributed by atoms with Gasteiger partial charge in [0.25, 0.3) is 5.91 Å². The molecule has 3 aliphatic heterocycles. The third kappa shape index (κ3) is 3.38. The maximum Gasteiger partial charge on any atom is 0.410 e. The molecule has 26 heavy (non-hydrogen) atoms. The molecule has 0 radical (unpaired) electrons. The number of piperazine rings is 1. The molecular formula is C16H25N7O3. The zero-order valence-corrected chi connectivity index (χ0v) is 15.1. The van der Waals surface area contributed by atoms with Gasteiger partial charge in [-0.2, -0.15) is 0 Å². The first-order valence-electron chi connectivity index (χ1n) is 9.11. The van der Waals surface area contributed by atoms with Gasteiger partial charge in [-0.05, 0) is 0 Å². The first-order valence-corrected chi connectivity index (χ1v) is 9.11. The molecule has 3 saturated heterocycles. The molecule has 3 fully saturated rings. The maximum absolute atomic E-state index is 12.7. The summed E-state index contributed by atoms with van der Waals surface area (Å²) in [7, 11) is 1.71. The van der Waals surface area contributed by atoms with E-state index in [1.165, 1.54) is 0 Å². The number of amides is 2. The summed E-state index contributed by atoms with van der Waals surface area (Å²) in [5.41, 5.74) is -0.222. The van der Waals surface area contributed by atoms with Crippen LogP contribution >= 0.6 is 0 Å². The van der Waals surface area contributed by atoms with E-state index in [4.69, 9.17) is 4.74 Å². The van der Waals surface area contributed by atoms with Crippen molar-refractivity contribution in [2.45, 2.75) is 18.6 Å². The van der Waals surface area contributed by atoms with Gasteiger partial charge >= 0.3 is 6.09 Å². The third-order valence-electron chi connectivity index (χ3n) is 5.36. The molecule has 4 rings (SSSR count). The van der Waals surface area contributed by atoms with E-state index in [2.05, 4.69) is 20.5 Å². The summed E-state index contributed by atoms with van der Waals surface area (Å²) in [6.45, 7) is 7.19. The average molecular weight is 363 g/mol. The van der Waals surface area contributed by atoms with Crippen LogP contribution in [-0.2, 0) is 11.3 Å². The lowest BCUT2D eigenvalue weighted by Crippen LogP contribution is -2.44. The van der Waals surface area contributed by atoms with Crippen molar-refractivity contribution in [2.24, 2.45) is 0 Å². The molecule has 1 atom stereocenters. The maximum atomic E-state index is 12.7. The molecule has 0 unspecified atom stereocenters. The van der Waals surface area contributed by atoms with E-state index in [1.807, 2.05) is 0 Å². The summed E-state index contributed by atoms with van der Waals surface area (Å²) in [5, 5.41) is 11.5. The Morgan fingerprint density at radius 2 is 2.08 bits per heavy atom. The molecule has 2 amide bonds. The lowest BCUT2D eigenvalue weighted by Gasteiger charge is -2.26. The van der Waals surface area contributed by atoms with Crippen molar-refractivity contribution in [2.75, 3.05) is 59.4 Å². The summed E-state index contributed by atoms with van der Waals surface area (Å²) in [4.78, 5) is 30.0. The van der Waals surface area contributed by atoms with Crippen LogP contribution in [-0.4, -0.2) is 107 Å². The van der Waals surface area contributed by atoms with Crippen molar-refractivity contribution in [3.63, 3.8) is 0 Å². The summed E-state index contributed by atoms with van der Waals surface area (Å²) in [5.74, 6) is -0.152. The van der Waals surface area contributed by atoms with Gasteiger partial charge in [0.15, 0.2) is 11.3 Å². The van der Waals surface area contributed by atoms with Crippen LogP contribution < -0.4 is 5.32 Å². The van der Waals surface area contributed by atoms with E-state index in [9.17, 15) is 9.59 Å². The molecule has 0 bridgehead atoms. The predicted molar refractivity (Wildman–Crippen MR) is 91.7 cm³/mol. The number of likely N-dealkylation sites (tertiary alicyclic amines) is 1. The number of hydrogen-bond acceptors (Lipinski definition) is 7. The van der Waals surface area contributed by atoms with Crippen molar-refractivity contribution in [1.29, 1.82) is 0 Å². The molecule has 3 aliphatic rings. The minimum absolute atomic E-state index is 0.152. The molecule has 4 heterocycles. The Morgan fingerprint density at radius 1 is 1.27 bits per heavy atom. The predicted octanol–water partition coefficient (Wildman–Crippen LogP) is -1.15. The Bertz CT molecular complexity index is 687. The van der Waals surface area contributed by atoms with Crippen molar-refractivity contribution < 1.29 is 14.3 Å². The molecular weight excluding hydrogens is 338 g/mol. The van der Waals surface area contributed by atoms with E-state index in [1.54, 1.807) is 27.7 Å². The van der Waals surface area contributed by atoms with Crippen molar-refractivity contribution in [3.8, 4) is 0 Å². The van der Waals surface area contributed by atoms with E-state index >= 15 is 0 Å². The normalized spacial score (nSPS) is 26.7. The Hall–Kier alpha value is -2.20. The molecule has 1 N–H and O–H groups in total. The number of nitrogens with one attached hydrogen (secondary N) is 1. The quantitative estimate of drug-likeness (QED) is 0.722. The second-order valence-electron chi connectivity index (χ2n) is 7.34. The van der Waals surface area contributed by atoms with E-state index in [0.29, 0.717) is 38.3 Å². The highest BCUT2D eigenvalue weighted by molar-refractivity contribution is 5.92. The Labute approximate surface area is 152 Å². The van der Waals surface area contributed by atoms with Crippen LogP contribution in [0.4, 0.5) is 4.79 Å². The van der Waals surface area contributed by atoms with Gasteiger partial charge in [0.1, 0.15) is 0 Å².